The first-order valence-electron chi connectivity index (χ1n) is 14.6. The van der Waals surface area contributed by atoms with Gasteiger partial charge in [0.05, 0.1) is 12.1 Å². The molecule has 3 heterocycles. The van der Waals surface area contributed by atoms with Crippen molar-refractivity contribution in [3.05, 3.63) is 65.2 Å². The number of rotatable bonds is 7. The topological polar surface area (TPSA) is 85.3 Å². The number of halogens is 3. The summed E-state index contributed by atoms with van der Waals surface area (Å²) in [7, 11) is 0. The quantitative estimate of drug-likeness (QED) is 0.493. The van der Waals surface area contributed by atoms with E-state index in [1.165, 1.54) is 6.07 Å². The van der Waals surface area contributed by atoms with Crippen molar-refractivity contribution in [1.82, 2.24) is 15.1 Å². The normalized spacial score (nSPS) is 20.4. The van der Waals surface area contributed by atoms with E-state index in [4.69, 9.17) is 0 Å². The maximum absolute atomic E-state index is 12.9. The standard InChI is InChI=1S/C31H36F3N5O3/c32-31(33,34)25-5-3-4-24(18-25)29(41)36-20-28(40)35-19-22-10-15-39(21-22)27-11-16-37(17-12-27)26-8-6-23(7-9-26)30(42)38-13-1-2-14-38/h3-9,18-19,22,27H,1-2,10-17,20-21H2,(H,36,41). The zero-order valence-corrected chi connectivity index (χ0v) is 23.5. The molecule has 2 aromatic carbocycles. The molecule has 3 saturated heterocycles. The molecule has 3 aliphatic rings. The molecule has 0 aliphatic carbocycles. The van der Waals surface area contributed by atoms with Gasteiger partial charge in [0.2, 0.25) is 0 Å². The predicted molar refractivity (Wildman–Crippen MR) is 154 cm³/mol. The Morgan fingerprint density at radius 2 is 1.62 bits per heavy atom. The minimum Gasteiger partial charge on any atom is -0.371 e. The first-order valence-corrected chi connectivity index (χ1v) is 14.6. The molecule has 0 bridgehead atoms. The fraction of sp³-hybridized carbons (Fsp3) is 0.484. The fourth-order valence-corrected chi connectivity index (χ4v) is 6.00. The lowest BCUT2D eigenvalue weighted by atomic mass is 10.0. The Kier molecular flexibility index (Phi) is 9.25. The van der Waals surface area contributed by atoms with Gasteiger partial charge in [-0.25, -0.2) is 4.99 Å². The Morgan fingerprint density at radius 1 is 0.905 bits per heavy atom. The van der Waals surface area contributed by atoms with E-state index in [1.807, 2.05) is 29.2 Å². The molecule has 8 nitrogen and oxygen atoms in total. The fourth-order valence-electron chi connectivity index (χ4n) is 6.00. The van der Waals surface area contributed by atoms with E-state index in [1.54, 1.807) is 6.21 Å². The van der Waals surface area contributed by atoms with Gasteiger partial charge in [0, 0.05) is 67.7 Å². The molecule has 5 rings (SSSR count). The van der Waals surface area contributed by atoms with Crippen molar-refractivity contribution >= 4 is 29.6 Å². The second kappa shape index (κ2) is 13.1. The van der Waals surface area contributed by atoms with Crippen molar-refractivity contribution in [2.75, 3.05) is 50.7 Å². The Morgan fingerprint density at radius 3 is 2.31 bits per heavy atom. The highest BCUT2D eigenvalue weighted by Gasteiger charge is 2.32. The van der Waals surface area contributed by atoms with E-state index in [0.29, 0.717) is 6.04 Å². The number of likely N-dealkylation sites (tertiary alicyclic amines) is 2. The van der Waals surface area contributed by atoms with Crippen molar-refractivity contribution in [3.63, 3.8) is 0 Å². The van der Waals surface area contributed by atoms with Crippen LogP contribution in [0.5, 0.6) is 0 Å². The molecule has 42 heavy (non-hydrogen) atoms. The van der Waals surface area contributed by atoms with Gasteiger partial charge in [0.1, 0.15) is 0 Å². The number of nitrogens with zero attached hydrogens (tertiary/aromatic N) is 4. The Balaban J connectivity index is 1.03. The van der Waals surface area contributed by atoms with E-state index < -0.39 is 23.6 Å². The SMILES string of the molecule is O=C(CNC(=O)c1cccc(C(F)(F)F)c1)N=CC1CCN(C2CCN(c3ccc(C(=O)N4CCCC4)cc3)CC2)C1. The molecule has 0 spiro atoms. The number of carbonyl (C=O) groups is 3. The van der Waals surface area contributed by atoms with Crippen LogP contribution in [0, 0.1) is 5.92 Å². The summed E-state index contributed by atoms with van der Waals surface area (Å²) < 4.78 is 38.6. The summed E-state index contributed by atoms with van der Waals surface area (Å²) in [5, 5.41) is 2.35. The van der Waals surface area contributed by atoms with E-state index >= 15 is 0 Å². The summed E-state index contributed by atoms with van der Waals surface area (Å²) in [6.07, 6.45) is 2.19. The van der Waals surface area contributed by atoms with Crippen LogP contribution >= 0.6 is 0 Å². The number of anilines is 1. The first-order chi connectivity index (χ1) is 20.2. The minimum absolute atomic E-state index is 0.117. The van der Waals surface area contributed by atoms with Gasteiger partial charge in [-0.15, -0.1) is 0 Å². The van der Waals surface area contributed by atoms with Crippen LogP contribution in [0.1, 0.15) is 58.4 Å². The third-order valence-corrected chi connectivity index (χ3v) is 8.39. The number of benzene rings is 2. The van der Waals surface area contributed by atoms with Crippen molar-refractivity contribution in [2.45, 2.75) is 44.3 Å². The lowest BCUT2D eigenvalue weighted by molar-refractivity contribution is -0.137. The molecule has 1 unspecified atom stereocenters. The van der Waals surface area contributed by atoms with Crippen LogP contribution in [0.25, 0.3) is 0 Å². The number of nitrogens with one attached hydrogen (secondary N) is 1. The molecule has 0 saturated carbocycles. The molecule has 3 amide bonds. The van der Waals surface area contributed by atoms with Gasteiger partial charge in [-0.2, -0.15) is 13.2 Å². The third-order valence-electron chi connectivity index (χ3n) is 8.39. The van der Waals surface area contributed by atoms with Crippen LogP contribution < -0.4 is 10.2 Å². The minimum atomic E-state index is -4.55. The summed E-state index contributed by atoms with van der Waals surface area (Å²) in [6.45, 7) is 4.91. The van der Waals surface area contributed by atoms with E-state index in [2.05, 4.69) is 20.1 Å². The molecule has 2 aromatic rings. The molecule has 0 radical (unpaired) electrons. The Hall–Kier alpha value is -3.73. The summed E-state index contributed by atoms with van der Waals surface area (Å²) in [4.78, 5) is 47.7. The van der Waals surface area contributed by atoms with E-state index in [9.17, 15) is 27.6 Å². The smallest absolute Gasteiger partial charge is 0.371 e. The summed E-state index contributed by atoms with van der Waals surface area (Å²) in [5.41, 5.74) is 0.799. The summed E-state index contributed by atoms with van der Waals surface area (Å²) >= 11 is 0. The van der Waals surface area contributed by atoms with Gasteiger partial charge in [-0.05, 0) is 81.1 Å². The molecule has 0 aromatic heterocycles. The van der Waals surface area contributed by atoms with E-state index in [0.717, 1.165) is 101 Å². The number of aliphatic imine (C=N–C) groups is 1. The Bertz CT molecular complexity index is 1300. The van der Waals surface area contributed by atoms with Gasteiger partial charge >= 0.3 is 6.18 Å². The zero-order valence-electron chi connectivity index (χ0n) is 23.5. The van der Waals surface area contributed by atoms with Crippen molar-refractivity contribution < 1.29 is 27.6 Å². The number of piperidine rings is 1. The highest BCUT2D eigenvalue weighted by atomic mass is 19.4. The van der Waals surface area contributed by atoms with Gasteiger partial charge in [-0.1, -0.05) is 6.07 Å². The number of amides is 3. The molecule has 224 valence electrons. The van der Waals surface area contributed by atoms with Crippen LogP contribution in [0.4, 0.5) is 18.9 Å². The highest BCUT2D eigenvalue weighted by Crippen LogP contribution is 2.30. The third kappa shape index (κ3) is 7.36. The largest absolute Gasteiger partial charge is 0.416 e. The van der Waals surface area contributed by atoms with Crippen LogP contribution in [0.3, 0.4) is 0 Å². The number of alkyl halides is 3. The second-order valence-electron chi connectivity index (χ2n) is 11.2. The van der Waals surface area contributed by atoms with Crippen molar-refractivity contribution in [2.24, 2.45) is 10.9 Å². The Labute approximate surface area is 243 Å². The molecule has 3 fully saturated rings. The van der Waals surface area contributed by atoms with Crippen molar-refractivity contribution in [1.29, 1.82) is 0 Å². The van der Waals surface area contributed by atoms with Crippen LogP contribution in [0.15, 0.2) is 53.5 Å². The first kappa shape index (κ1) is 29.8. The number of carbonyl (C=O) groups excluding carboxylic acids is 3. The average molecular weight is 584 g/mol. The van der Waals surface area contributed by atoms with E-state index in [-0.39, 0.29) is 23.9 Å². The van der Waals surface area contributed by atoms with Crippen LogP contribution in [-0.4, -0.2) is 85.6 Å². The number of hydrogen-bond donors (Lipinski definition) is 1. The average Bonchev–Trinajstić information content (AvgIpc) is 3.71. The lowest BCUT2D eigenvalue weighted by Gasteiger charge is -2.38. The number of hydrogen-bond acceptors (Lipinski definition) is 5. The van der Waals surface area contributed by atoms with Gasteiger partial charge in [-0.3, -0.25) is 19.3 Å². The molecule has 1 N–H and O–H groups in total. The van der Waals surface area contributed by atoms with Gasteiger partial charge < -0.3 is 15.1 Å². The van der Waals surface area contributed by atoms with Gasteiger partial charge in [0.25, 0.3) is 17.7 Å². The maximum Gasteiger partial charge on any atom is 0.416 e. The molecule has 3 aliphatic heterocycles. The maximum atomic E-state index is 12.9. The monoisotopic (exact) mass is 583 g/mol. The summed E-state index contributed by atoms with van der Waals surface area (Å²) in [5.74, 6) is -1.05. The molecular weight excluding hydrogens is 547 g/mol. The predicted octanol–water partition coefficient (Wildman–Crippen LogP) is 4.26. The second-order valence-corrected chi connectivity index (χ2v) is 11.2. The van der Waals surface area contributed by atoms with Crippen LogP contribution in [0.2, 0.25) is 0 Å². The molecule has 11 heteroatoms. The molecular formula is C31H36F3N5O3. The highest BCUT2D eigenvalue weighted by molar-refractivity contribution is 5.97. The molecule has 1 atom stereocenters. The van der Waals surface area contributed by atoms with Gasteiger partial charge in [0.15, 0.2) is 0 Å². The lowest BCUT2D eigenvalue weighted by Crippen LogP contribution is -2.44. The summed E-state index contributed by atoms with van der Waals surface area (Å²) in [6, 6.07) is 12.5. The zero-order chi connectivity index (χ0) is 29.7. The van der Waals surface area contributed by atoms with Crippen LogP contribution in [-0.2, 0) is 11.0 Å². The van der Waals surface area contributed by atoms with Crippen molar-refractivity contribution in [3.8, 4) is 0 Å².